The second-order valence-corrected chi connectivity index (χ2v) is 6.25. The number of benzene rings is 1. The van der Waals surface area contributed by atoms with Crippen molar-refractivity contribution in [1.29, 1.82) is 0 Å². The van der Waals surface area contributed by atoms with Crippen molar-refractivity contribution < 1.29 is 9.53 Å². The average Bonchev–Trinajstić information content (AvgIpc) is 2.93. The van der Waals surface area contributed by atoms with E-state index in [2.05, 4.69) is 14.1 Å². The van der Waals surface area contributed by atoms with E-state index in [1.165, 1.54) is 11.7 Å². The molecule has 118 valence electrons. The van der Waals surface area contributed by atoms with E-state index in [-0.39, 0.29) is 5.91 Å². The number of rotatable bonds is 8. The van der Waals surface area contributed by atoms with Gasteiger partial charge in [0.2, 0.25) is 5.91 Å². The number of nitrogens with zero attached hydrogens (tertiary/aromatic N) is 2. The number of aromatic nitrogens is 2. The fourth-order valence-corrected chi connectivity index (χ4v) is 3.35. The normalized spacial score (nSPS) is 10.5. The largest absolute Gasteiger partial charge is 0.497 e. The third-order valence-corrected chi connectivity index (χ3v) is 4.69. The molecule has 2 aromatic rings. The zero-order chi connectivity index (χ0) is 15.8. The van der Waals surface area contributed by atoms with Gasteiger partial charge in [-0.15, -0.1) is 11.8 Å². The summed E-state index contributed by atoms with van der Waals surface area (Å²) in [7, 11) is 1.65. The van der Waals surface area contributed by atoms with Crippen molar-refractivity contribution in [3.63, 3.8) is 0 Å². The summed E-state index contributed by atoms with van der Waals surface area (Å²) in [5.41, 5.74) is 3.08. The summed E-state index contributed by atoms with van der Waals surface area (Å²) in [6.45, 7) is 2.57. The molecule has 1 N–H and O–H groups in total. The lowest BCUT2D eigenvalue weighted by molar-refractivity contribution is -0.118. The summed E-state index contributed by atoms with van der Waals surface area (Å²) in [5, 5.41) is 2.93. The van der Waals surface area contributed by atoms with Crippen molar-refractivity contribution in [2.24, 2.45) is 0 Å². The summed E-state index contributed by atoms with van der Waals surface area (Å²) in [6, 6.07) is 7.88. The van der Waals surface area contributed by atoms with Crippen LogP contribution in [0, 0.1) is 6.92 Å². The predicted octanol–water partition coefficient (Wildman–Crippen LogP) is 2.45. The topological polar surface area (TPSA) is 64.1 Å². The lowest BCUT2D eigenvalue weighted by Crippen LogP contribution is -2.27. The maximum absolute atomic E-state index is 11.8. The van der Waals surface area contributed by atoms with Gasteiger partial charge in [0.1, 0.15) is 5.75 Å². The van der Waals surface area contributed by atoms with Crippen LogP contribution in [-0.2, 0) is 17.0 Å². The summed E-state index contributed by atoms with van der Waals surface area (Å²) < 4.78 is 13.5. The molecule has 7 heteroatoms. The number of aryl methyl sites for hydroxylation is 1. The van der Waals surface area contributed by atoms with Gasteiger partial charge in [0.05, 0.1) is 36.0 Å². The van der Waals surface area contributed by atoms with Crippen LogP contribution in [0.15, 0.2) is 24.3 Å². The Morgan fingerprint density at radius 2 is 2.27 bits per heavy atom. The van der Waals surface area contributed by atoms with Crippen molar-refractivity contribution in [3.05, 3.63) is 41.2 Å². The van der Waals surface area contributed by atoms with Crippen LogP contribution in [0.1, 0.15) is 17.0 Å². The van der Waals surface area contributed by atoms with E-state index in [1.807, 2.05) is 31.2 Å². The molecule has 5 nitrogen and oxygen atoms in total. The molecule has 0 aliphatic rings. The first-order valence-electron chi connectivity index (χ1n) is 6.94. The lowest BCUT2D eigenvalue weighted by Gasteiger charge is -2.06. The quantitative estimate of drug-likeness (QED) is 0.801. The standard InChI is InChI=1S/C15H19N3O2S2/c1-11-14(18-22-17-11)9-21-10-15(19)16-7-6-12-4-3-5-13(8-12)20-2/h3-5,8H,6-7,9-10H2,1-2H3,(H,16,19). The molecule has 0 fully saturated rings. The van der Waals surface area contributed by atoms with Gasteiger partial charge in [-0.2, -0.15) is 8.75 Å². The number of nitrogens with one attached hydrogen (secondary N) is 1. The predicted molar refractivity (Wildman–Crippen MR) is 90.5 cm³/mol. The second-order valence-electron chi connectivity index (χ2n) is 4.74. The fraction of sp³-hybridized carbons (Fsp3) is 0.400. The van der Waals surface area contributed by atoms with Crippen LogP contribution in [0.25, 0.3) is 0 Å². The van der Waals surface area contributed by atoms with Gasteiger partial charge in [0, 0.05) is 12.3 Å². The van der Waals surface area contributed by atoms with Crippen molar-refractivity contribution in [2.45, 2.75) is 19.1 Å². The molecule has 0 unspecified atom stereocenters. The molecular formula is C15H19N3O2S2. The first-order valence-corrected chi connectivity index (χ1v) is 8.83. The van der Waals surface area contributed by atoms with E-state index in [0.29, 0.717) is 12.3 Å². The third kappa shape index (κ3) is 5.31. The minimum Gasteiger partial charge on any atom is -0.497 e. The van der Waals surface area contributed by atoms with Gasteiger partial charge in [-0.3, -0.25) is 4.79 Å². The summed E-state index contributed by atoms with van der Waals surface area (Å²) >= 11 is 2.77. The molecule has 0 atom stereocenters. The van der Waals surface area contributed by atoms with E-state index in [4.69, 9.17) is 4.74 Å². The molecule has 1 aromatic carbocycles. The molecule has 2 rings (SSSR count). The van der Waals surface area contributed by atoms with Crippen LogP contribution in [0.4, 0.5) is 0 Å². The van der Waals surface area contributed by atoms with Gasteiger partial charge in [0.25, 0.3) is 0 Å². The minimum atomic E-state index is 0.0498. The van der Waals surface area contributed by atoms with Gasteiger partial charge in [-0.1, -0.05) is 12.1 Å². The number of ether oxygens (including phenoxy) is 1. The van der Waals surface area contributed by atoms with Crippen LogP contribution >= 0.6 is 23.5 Å². The van der Waals surface area contributed by atoms with Crippen LogP contribution < -0.4 is 10.1 Å². The molecule has 22 heavy (non-hydrogen) atoms. The highest BCUT2D eigenvalue weighted by molar-refractivity contribution is 7.99. The number of amides is 1. The van der Waals surface area contributed by atoms with E-state index in [9.17, 15) is 4.79 Å². The summed E-state index contributed by atoms with van der Waals surface area (Å²) in [5.74, 6) is 2.06. The Kier molecular flexibility index (Phi) is 6.67. The van der Waals surface area contributed by atoms with Crippen molar-refractivity contribution >= 4 is 29.4 Å². The zero-order valence-corrected chi connectivity index (χ0v) is 14.3. The molecule has 0 radical (unpaired) electrons. The van der Waals surface area contributed by atoms with Crippen LogP contribution in [-0.4, -0.2) is 34.1 Å². The number of thioether (sulfide) groups is 1. The number of carbonyl (C=O) groups excluding carboxylic acids is 1. The molecular weight excluding hydrogens is 318 g/mol. The minimum absolute atomic E-state index is 0.0498. The van der Waals surface area contributed by atoms with Crippen molar-refractivity contribution in [2.75, 3.05) is 19.4 Å². The summed E-state index contributed by atoms with van der Waals surface area (Å²) in [4.78, 5) is 11.8. The Hall–Kier alpha value is -1.60. The molecule has 0 aliphatic carbocycles. The monoisotopic (exact) mass is 337 g/mol. The van der Waals surface area contributed by atoms with Gasteiger partial charge in [0.15, 0.2) is 0 Å². The Labute approximate surface area is 138 Å². The van der Waals surface area contributed by atoms with E-state index < -0.39 is 0 Å². The van der Waals surface area contributed by atoms with Gasteiger partial charge in [-0.25, -0.2) is 0 Å². The molecule has 1 aromatic heterocycles. The van der Waals surface area contributed by atoms with Crippen LogP contribution in [0.3, 0.4) is 0 Å². The van der Waals surface area contributed by atoms with Crippen molar-refractivity contribution in [3.8, 4) is 5.75 Å². The van der Waals surface area contributed by atoms with E-state index in [1.54, 1.807) is 18.9 Å². The maximum Gasteiger partial charge on any atom is 0.230 e. The number of hydrogen-bond donors (Lipinski definition) is 1. The molecule has 1 amide bonds. The summed E-state index contributed by atoms with van der Waals surface area (Å²) in [6.07, 6.45) is 0.794. The Balaban J connectivity index is 1.64. The highest BCUT2D eigenvalue weighted by atomic mass is 32.2. The highest BCUT2D eigenvalue weighted by Gasteiger charge is 2.06. The average molecular weight is 337 g/mol. The van der Waals surface area contributed by atoms with E-state index in [0.717, 1.165) is 34.9 Å². The first kappa shape index (κ1) is 16.8. The maximum atomic E-state index is 11.8. The van der Waals surface area contributed by atoms with Crippen LogP contribution in [0.2, 0.25) is 0 Å². The smallest absolute Gasteiger partial charge is 0.230 e. The fourth-order valence-electron chi connectivity index (χ4n) is 1.85. The van der Waals surface area contributed by atoms with Gasteiger partial charge >= 0.3 is 0 Å². The highest BCUT2D eigenvalue weighted by Crippen LogP contribution is 2.14. The van der Waals surface area contributed by atoms with Crippen LogP contribution in [0.5, 0.6) is 5.75 Å². The number of carbonyl (C=O) groups is 1. The number of hydrogen-bond acceptors (Lipinski definition) is 6. The second kappa shape index (κ2) is 8.75. The Bertz CT molecular complexity index is 616. The molecule has 1 heterocycles. The zero-order valence-electron chi connectivity index (χ0n) is 12.7. The first-order chi connectivity index (χ1) is 10.7. The van der Waals surface area contributed by atoms with Crippen molar-refractivity contribution in [1.82, 2.24) is 14.1 Å². The Morgan fingerprint density at radius 3 is 3.00 bits per heavy atom. The SMILES string of the molecule is COc1cccc(CCNC(=O)CSCc2nsnc2C)c1. The van der Waals surface area contributed by atoms with Gasteiger partial charge < -0.3 is 10.1 Å². The van der Waals surface area contributed by atoms with Gasteiger partial charge in [-0.05, 0) is 31.0 Å². The molecule has 0 bridgehead atoms. The third-order valence-electron chi connectivity index (χ3n) is 3.09. The number of methoxy groups -OCH3 is 1. The molecule has 0 saturated heterocycles. The lowest BCUT2D eigenvalue weighted by atomic mass is 10.1. The molecule has 0 saturated carbocycles. The Morgan fingerprint density at radius 1 is 1.41 bits per heavy atom. The van der Waals surface area contributed by atoms with E-state index >= 15 is 0 Å². The molecule has 0 spiro atoms. The molecule has 0 aliphatic heterocycles.